The molecule has 1 aliphatic carbocycles. The van der Waals surface area contributed by atoms with Crippen molar-refractivity contribution in [3.05, 3.63) is 80.3 Å². The molecule has 2 nitrogen and oxygen atoms in total. The summed E-state index contributed by atoms with van der Waals surface area (Å²) in [5.74, 6) is -0.0539. The molecule has 0 atom stereocenters. The van der Waals surface area contributed by atoms with Gasteiger partial charge in [0.2, 0.25) is 0 Å². The van der Waals surface area contributed by atoms with Crippen molar-refractivity contribution in [2.24, 2.45) is 0 Å². The maximum absolute atomic E-state index is 12.3. The van der Waals surface area contributed by atoms with E-state index in [1.54, 1.807) is 7.05 Å². The van der Waals surface area contributed by atoms with Gasteiger partial charge in [0.15, 0.2) is 0 Å². The van der Waals surface area contributed by atoms with Crippen LogP contribution >= 0.6 is 27.5 Å². The maximum atomic E-state index is 12.3. The van der Waals surface area contributed by atoms with Gasteiger partial charge in [-0.25, -0.2) is 0 Å². The number of amides is 1. The van der Waals surface area contributed by atoms with Crippen LogP contribution in [0.15, 0.2) is 58.6 Å². The first kappa shape index (κ1) is 16.0. The molecule has 1 aliphatic rings. The van der Waals surface area contributed by atoms with Crippen molar-refractivity contribution in [3.8, 4) is 0 Å². The summed E-state index contributed by atoms with van der Waals surface area (Å²) < 4.78 is 1.02. The number of carbonyl (C=O) groups excluding carboxylic acids is 1. The monoisotopic (exact) mass is 387 g/mol. The lowest BCUT2D eigenvalue weighted by atomic mass is 10.0. The van der Waals surface area contributed by atoms with Gasteiger partial charge in [0.1, 0.15) is 0 Å². The zero-order chi connectivity index (χ0) is 16.4. The Kier molecular flexibility index (Phi) is 4.69. The average Bonchev–Trinajstić information content (AvgIpc) is 2.91. The quantitative estimate of drug-likeness (QED) is 0.798. The first-order valence-corrected chi connectivity index (χ1v) is 8.43. The molecule has 1 N–H and O–H groups in total. The maximum Gasteiger partial charge on any atom is 0.251 e. The molecular weight excluding hydrogens is 374 g/mol. The van der Waals surface area contributed by atoms with Crippen LogP contribution in [0.25, 0.3) is 11.6 Å². The first-order chi connectivity index (χ1) is 11.1. The standard InChI is InChI=1S/C19H15BrClNO/c1-22-19(23)18-13(5-2-12-3-7-16(21)8-4-12)10-14-11-15(20)6-9-17(14)18/h2-9,11H,10H2,1H3,(H,22,23)/b5-2+. The third kappa shape index (κ3) is 3.41. The van der Waals surface area contributed by atoms with Gasteiger partial charge in [-0.2, -0.15) is 0 Å². The molecular formula is C19H15BrClNO. The number of hydrogen-bond donors (Lipinski definition) is 1. The molecule has 1 amide bonds. The van der Waals surface area contributed by atoms with Gasteiger partial charge in [-0.1, -0.05) is 57.9 Å². The first-order valence-electron chi connectivity index (χ1n) is 7.26. The number of nitrogens with one attached hydrogen (secondary N) is 1. The summed E-state index contributed by atoms with van der Waals surface area (Å²) in [5, 5.41) is 3.45. The molecule has 0 aromatic heterocycles. The molecule has 2 aromatic rings. The Balaban J connectivity index is 1.98. The van der Waals surface area contributed by atoms with Crippen molar-refractivity contribution in [1.29, 1.82) is 0 Å². The topological polar surface area (TPSA) is 29.1 Å². The Morgan fingerprint density at radius 3 is 2.61 bits per heavy atom. The van der Waals surface area contributed by atoms with Gasteiger partial charge in [-0.3, -0.25) is 4.79 Å². The number of allylic oxidation sites excluding steroid dienone is 2. The number of carbonyl (C=O) groups is 1. The van der Waals surface area contributed by atoms with Crippen LogP contribution < -0.4 is 5.32 Å². The molecule has 4 heteroatoms. The fraction of sp³-hybridized carbons (Fsp3) is 0.105. The molecule has 23 heavy (non-hydrogen) atoms. The lowest BCUT2D eigenvalue weighted by molar-refractivity contribution is -0.115. The molecule has 0 aliphatic heterocycles. The number of likely N-dealkylation sites (N-methyl/N-ethyl adjacent to an activating group) is 1. The smallest absolute Gasteiger partial charge is 0.251 e. The molecule has 0 saturated carbocycles. The average molecular weight is 389 g/mol. The Hall–Kier alpha value is -1.84. The highest BCUT2D eigenvalue weighted by molar-refractivity contribution is 9.10. The van der Waals surface area contributed by atoms with Crippen LogP contribution in [0.3, 0.4) is 0 Å². The third-order valence-corrected chi connectivity index (χ3v) is 4.58. The molecule has 0 spiro atoms. The number of fused-ring (bicyclic) bond motifs is 1. The highest BCUT2D eigenvalue weighted by Gasteiger charge is 2.24. The molecule has 3 rings (SSSR count). The molecule has 0 bridgehead atoms. The number of benzene rings is 2. The second kappa shape index (κ2) is 6.73. The Morgan fingerprint density at radius 2 is 1.91 bits per heavy atom. The number of halogens is 2. The van der Waals surface area contributed by atoms with E-state index >= 15 is 0 Å². The highest BCUT2D eigenvalue weighted by Crippen LogP contribution is 2.35. The fourth-order valence-electron chi connectivity index (χ4n) is 2.73. The van der Waals surface area contributed by atoms with E-state index in [0.717, 1.165) is 38.7 Å². The van der Waals surface area contributed by atoms with E-state index < -0.39 is 0 Å². The molecule has 0 fully saturated rings. The SMILES string of the molecule is CNC(=O)C1=C(/C=C/c2ccc(Cl)cc2)Cc2cc(Br)ccc21. The summed E-state index contributed by atoms with van der Waals surface area (Å²) in [4.78, 5) is 12.3. The Labute approximate surface area is 149 Å². The summed E-state index contributed by atoms with van der Waals surface area (Å²) >= 11 is 9.40. The zero-order valence-corrected chi connectivity index (χ0v) is 14.9. The van der Waals surface area contributed by atoms with Crippen LogP contribution in [0, 0.1) is 0 Å². The van der Waals surface area contributed by atoms with Crippen LogP contribution in [0.4, 0.5) is 0 Å². The summed E-state index contributed by atoms with van der Waals surface area (Å²) in [7, 11) is 1.66. The van der Waals surface area contributed by atoms with Crippen LogP contribution in [0.5, 0.6) is 0 Å². The summed E-state index contributed by atoms with van der Waals surface area (Å²) in [6.07, 6.45) is 4.78. The lowest BCUT2D eigenvalue weighted by Crippen LogP contribution is -2.19. The van der Waals surface area contributed by atoms with Gasteiger partial charge in [-0.15, -0.1) is 0 Å². The van der Waals surface area contributed by atoms with Crippen molar-refractivity contribution < 1.29 is 4.79 Å². The van der Waals surface area contributed by atoms with Crippen LogP contribution in [-0.4, -0.2) is 13.0 Å². The predicted octanol–water partition coefficient (Wildman–Crippen LogP) is 4.87. The third-order valence-electron chi connectivity index (χ3n) is 3.84. The van der Waals surface area contributed by atoms with E-state index in [4.69, 9.17) is 11.6 Å². The molecule has 0 radical (unpaired) electrons. The van der Waals surface area contributed by atoms with Crippen LogP contribution in [0.1, 0.15) is 16.7 Å². The molecule has 0 unspecified atom stereocenters. The van der Waals surface area contributed by atoms with E-state index in [0.29, 0.717) is 5.02 Å². The highest BCUT2D eigenvalue weighted by atomic mass is 79.9. The van der Waals surface area contributed by atoms with Crippen molar-refractivity contribution in [1.82, 2.24) is 5.32 Å². The van der Waals surface area contributed by atoms with E-state index in [1.165, 1.54) is 0 Å². The lowest BCUT2D eigenvalue weighted by Gasteiger charge is -2.05. The predicted molar refractivity (Wildman–Crippen MR) is 99.3 cm³/mol. The molecule has 0 saturated heterocycles. The van der Waals surface area contributed by atoms with E-state index in [-0.39, 0.29) is 5.91 Å². The summed E-state index contributed by atoms with van der Waals surface area (Å²) in [5.41, 5.74) is 4.99. The van der Waals surface area contributed by atoms with Gasteiger partial charge in [-0.05, 0) is 52.9 Å². The van der Waals surface area contributed by atoms with Crippen molar-refractivity contribution in [3.63, 3.8) is 0 Å². The van der Waals surface area contributed by atoms with Gasteiger partial charge in [0.25, 0.3) is 5.91 Å². The van der Waals surface area contributed by atoms with Gasteiger partial charge < -0.3 is 5.32 Å². The Bertz CT molecular complexity index is 822. The van der Waals surface area contributed by atoms with E-state index in [1.807, 2.05) is 48.6 Å². The molecule has 2 aromatic carbocycles. The van der Waals surface area contributed by atoms with E-state index in [2.05, 4.69) is 27.3 Å². The molecule has 116 valence electrons. The number of hydrogen-bond acceptors (Lipinski definition) is 1. The Morgan fingerprint density at radius 1 is 1.17 bits per heavy atom. The van der Waals surface area contributed by atoms with Gasteiger partial charge >= 0.3 is 0 Å². The van der Waals surface area contributed by atoms with E-state index in [9.17, 15) is 4.79 Å². The second-order valence-electron chi connectivity index (χ2n) is 5.34. The van der Waals surface area contributed by atoms with Crippen LogP contribution in [0.2, 0.25) is 5.02 Å². The minimum Gasteiger partial charge on any atom is -0.355 e. The summed E-state index contributed by atoms with van der Waals surface area (Å²) in [6.45, 7) is 0. The van der Waals surface area contributed by atoms with Crippen LogP contribution in [-0.2, 0) is 11.2 Å². The van der Waals surface area contributed by atoms with Gasteiger partial charge in [0.05, 0.1) is 5.57 Å². The minimum absolute atomic E-state index is 0.0539. The van der Waals surface area contributed by atoms with Crippen molar-refractivity contribution in [2.45, 2.75) is 6.42 Å². The zero-order valence-electron chi connectivity index (χ0n) is 12.6. The number of rotatable bonds is 3. The fourth-order valence-corrected chi connectivity index (χ4v) is 3.26. The van der Waals surface area contributed by atoms with Gasteiger partial charge in [0, 0.05) is 16.5 Å². The largest absolute Gasteiger partial charge is 0.355 e. The van der Waals surface area contributed by atoms with Crippen molar-refractivity contribution in [2.75, 3.05) is 7.05 Å². The summed E-state index contributed by atoms with van der Waals surface area (Å²) in [6, 6.07) is 13.7. The second-order valence-corrected chi connectivity index (χ2v) is 6.69. The van der Waals surface area contributed by atoms with Crippen molar-refractivity contribution >= 4 is 45.1 Å². The molecule has 0 heterocycles. The minimum atomic E-state index is -0.0539. The normalized spacial score (nSPS) is 13.5.